The number of piperidine rings is 1. The molecule has 0 aromatic carbocycles. The molecule has 1 aromatic rings. The summed E-state index contributed by atoms with van der Waals surface area (Å²) in [5.74, 6) is -0.294. The van der Waals surface area contributed by atoms with Crippen LogP contribution in [0.4, 0.5) is 5.82 Å². The Balaban J connectivity index is 2.41. The fraction of sp³-hybridized carbons (Fsp3) is 0.538. The average Bonchev–Trinajstić information content (AvgIpc) is 2.29. The lowest BCUT2D eigenvalue weighted by Gasteiger charge is -2.40. The molecular formula is C13H18N2O2. The van der Waals surface area contributed by atoms with E-state index in [1.54, 1.807) is 18.3 Å². The van der Waals surface area contributed by atoms with Crippen LogP contribution in [0.15, 0.2) is 18.3 Å². The van der Waals surface area contributed by atoms with Crippen molar-refractivity contribution < 1.29 is 9.90 Å². The molecule has 1 aliphatic heterocycles. The van der Waals surface area contributed by atoms with E-state index in [0.717, 1.165) is 12.8 Å². The van der Waals surface area contributed by atoms with Gasteiger partial charge in [-0.1, -0.05) is 0 Å². The minimum atomic E-state index is -0.905. The van der Waals surface area contributed by atoms with Crippen molar-refractivity contribution >= 4 is 11.8 Å². The molecule has 92 valence electrons. The van der Waals surface area contributed by atoms with Gasteiger partial charge in [-0.2, -0.15) is 0 Å². The molecule has 0 spiro atoms. The zero-order valence-electron chi connectivity index (χ0n) is 10.3. The maximum atomic E-state index is 11.2. The molecule has 4 heteroatoms. The van der Waals surface area contributed by atoms with Crippen LogP contribution in [0.25, 0.3) is 0 Å². The fourth-order valence-electron chi connectivity index (χ4n) is 2.61. The van der Waals surface area contributed by atoms with Crippen molar-refractivity contribution in [2.75, 3.05) is 4.90 Å². The van der Waals surface area contributed by atoms with Gasteiger partial charge in [-0.25, -0.2) is 9.78 Å². The number of carbonyl (C=O) groups is 1. The molecular weight excluding hydrogens is 216 g/mol. The number of carboxylic acids is 1. The van der Waals surface area contributed by atoms with E-state index < -0.39 is 5.97 Å². The van der Waals surface area contributed by atoms with Gasteiger partial charge in [-0.3, -0.25) is 0 Å². The Morgan fingerprint density at radius 2 is 2.06 bits per heavy atom. The molecule has 1 saturated heterocycles. The van der Waals surface area contributed by atoms with Gasteiger partial charge in [-0.05, 0) is 45.2 Å². The van der Waals surface area contributed by atoms with E-state index in [1.807, 2.05) is 0 Å². The predicted octanol–water partition coefficient (Wildman–Crippen LogP) is 2.55. The molecule has 1 N–H and O–H groups in total. The molecule has 2 heterocycles. The number of anilines is 1. The van der Waals surface area contributed by atoms with E-state index in [1.165, 1.54) is 6.42 Å². The molecule has 2 rings (SSSR count). The number of carboxylic acid groups (broad SMARTS) is 1. The number of aromatic carboxylic acids is 1. The Morgan fingerprint density at radius 1 is 1.41 bits per heavy atom. The number of hydrogen-bond donors (Lipinski definition) is 1. The van der Waals surface area contributed by atoms with Crippen molar-refractivity contribution in [2.24, 2.45) is 0 Å². The molecule has 17 heavy (non-hydrogen) atoms. The third-order valence-electron chi connectivity index (χ3n) is 3.46. The van der Waals surface area contributed by atoms with Gasteiger partial charge in [0.15, 0.2) is 0 Å². The first-order valence-corrected chi connectivity index (χ1v) is 6.08. The average molecular weight is 234 g/mol. The summed E-state index contributed by atoms with van der Waals surface area (Å²) in [5.41, 5.74) is 0.299. The zero-order chi connectivity index (χ0) is 12.4. The number of rotatable bonds is 2. The SMILES string of the molecule is C[C@H]1CCC[C@H](C)N1c1ncccc1C(=O)O. The largest absolute Gasteiger partial charge is 0.478 e. The van der Waals surface area contributed by atoms with Crippen LogP contribution < -0.4 is 4.90 Å². The molecule has 1 aromatic heterocycles. The van der Waals surface area contributed by atoms with Gasteiger partial charge in [0, 0.05) is 18.3 Å². The van der Waals surface area contributed by atoms with E-state index in [2.05, 4.69) is 23.7 Å². The van der Waals surface area contributed by atoms with E-state index in [0.29, 0.717) is 23.5 Å². The summed E-state index contributed by atoms with van der Waals surface area (Å²) in [6.07, 6.45) is 5.06. The Hall–Kier alpha value is -1.58. The standard InChI is InChI=1S/C13H18N2O2/c1-9-5-3-6-10(2)15(9)12-11(13(16)17)7-4-8-14-12/h4,7-10H,3,5-6H2,1-2H3,(H,16,17)/t9-,10-/m0/s1. The van der Waals surface area contributed by atoms with Crippen LogP contribution >= 0.6 is 0 Å². The predicted molar refractivity (Wildman–Crippen MR) is 66.5 cm³/mol. The normalized spacial score (nSPS) is 24.7. The van der Waals surface area contributed by atoms with Crippen LogP contribution in [0.2, 0.25) is 0 Å². The Morgan fingerprint density at radius 3 is 2.65 bits per heavy atom. The minimum Gasteiger partial charge on any atom is -0.478 e. The van der Waals surface area contributed by atoms with Gasteiger partial charge in [0.25, 0.3) is 0 Å². The Labute approximate surface area is 101 Å². The highest BCUT2D eigenvalue weighted by atomic mass is 16.4. The lowest BCUT2D eigenvalue weighted by atomic mass is 9.97. The summed E-state index contributed by atoms with van der Waals surface area (Å²) in [7, 11) is 0. The van der Waals surface area contributed by atoms with Gasteiger partial charge >= 0.3 is 5.97 Å². The third kappa shape index (κ3) is 2.25. The number of aromatic nitrogens is 1. The van der Waals surface area contributed by atoms with E-state index in [-0.39, 0.29) is 0 Å². The van der Waals surface area contributed by atoms with Crippen molar-refractivity contribution in [1.29, 1.82) is 0 Å². The summed E-state index contributed by atoms with van der Waals surface area (Å²) in [6, 6.07) is 4.00. The highest BCUT2D eigenvalue weighted by Crippen LogP contribution is 2.29. The number of nitrogens with zero attached hydrogens (tertiary/aromatic N) is 2. The summed E-state index contributed by atoms with van der Waals surface area (Å²) in [6.45, 7) is 4.27. The van der Waals surface area contributed by atoms with Gasteiger partial charge in [0.05, 0.1) is 0 Å². The van der Waals surface area contributed by atoms with Gasteiger partial charge in [-0.15, -0.1) is 0 Å². The highest BCUT2D eigenvalue weighted by Gasteiger charge is 2.28. The lowest BCUT2D eigenvalue weighted by Crippen LogP contribution is -2.45. The van der Waals surface area contributed by atoms with Gasteiger partial charge in [0.2, 0.25) is 0 Å². The van der Waals surface area contributed by atoms with Gasteiger partial charge < -0.3 is 10.0 Å². The van der Waals surface area contributed by atoms with Crippen LogP contribution in [0.1, 0.15) is 43.5 Å². The van der Waals surface area contributed by atoms with Crippen LogP contribution in [-0.2, 0) is 0 Å². The van der Waals surface area contributed by atoms with E-state index >= 15 is 0 Å². The molecule has 1 fully saturated rings. The molecule has 4 nitrogen and oxygen atoms in total. The quantitative estimate of drug-likeness (QED) is 0.854. The Kier molecular flexibility index (Phi) is 3.31. The van der Waals surface area contributed by atoms with E-state index in [4.69, 9.17) is 0 Å². The molecule has 0 amide bonds. The molecule has 0 bridgehead atoms. The first kappa shape index (κ1) is 11.9. The summed E-state index contributed by atoms with van der Waals surface area (Å²) < 4.78 is 0. The van der Waals surface area contributed by atoms with E-state index in [9.17, 15) is 9.90 Å². The van der Waals surface area contributed by atoms with Crippen molar-refractivity contribution in [3.05, 3.63) is 23.9 Å². The van der Waals surface area contributed by atoms with Crippen molar-refractivity contribution in [3.63, 3.8) is 0 Å². The molecule has 0 aliphatic carbocycles. The van der Waals surface area contributed by atoms with Crippen molar-refractivity contribution in [3.8, 4) is 0 Å². The molecule has 2 atom stereocenters. The second-order valence-corrected chi connectivity index (χ2v) is 4.72. The second-order valence-electron chi connectivity index (χ2n) is 4.72. The van der Waals surface area contributed by atoms with Gasteiger partial charge in [0.1, 0.15) is 11.4 Å². The smallest absolute Gasteiger partial charge is 0.339 e. The Bertz CT molecular complexity index is 410. The lowest BCUT2D eigenvalue weighted by molar-refractivity contribution is 0.0697. The first-order valence-electron chi connectivity index (χ1n) is 6.08. The molecule has 0 unspecified atom stereocenters. The number of pyridine rings is 1. The summed E-state index contributed by atoms with van der Waals surface area (Å²) in [5, 5.41) is 9.20. The monoisotopic (exact) mass is 234 g/mol. The van der Waals surface area contributed by atoms with Crippen molar-refractivity contribution in [2.45, 2.75) is 45.2 Å². The van der Waals surface area contributed by atoms with Crippen LogP contribution in [0.5, 0.6) is 0 Å². The first-order chi connectivity index (χ1) is 8.11. The maximum absolute atomic E-state index is 11.2. The molecule has 0 saturated carbocycles. The van der Waals surface area contributed by atoms with Crippen LogP contribution in [0, 0.1) is 0 Å². The van der Waals surface area contributed by atoms with Crippen molar-refractivity contribution in [1.82, 2.24) is 4.98 Å². The second kappa shape index (κ2) is 4.73. The summed E-state index contributed by atoms with van der Waals surface area (Å²) >= 11 is 0. The van der Waals surface area contributed by atoms with Crippen LogP contribution in [0.3, 0.4) is 0 Å². The van der Waals surface area contributed by atoms with Crippen LogP contribution in [-0.4, -0.2) is 28.1 Å². The molecule has 0 radical (unpaired) electrons. The summed E-state index contributed by atoms with van der Waals surface area (Å²) in [4.78, 5) is 17.6. The maximum Gasteiger partial charge on any atom is 0.339 e. The molecule has 1 aliphatic rings. The minimum absolute atomic E-state index is 0.299. The fourth-order valence-corrected chi connectivity index (χ4v) is 2.61. The highest BCUT2D eigenvalue weighted by molar-refractivity contribution is 5.93. The topological polar surface area (TPSA) is 53.4 Å². The third-order valence-corrected chi connectivity index (χ3v) is 3.46. The number of hydrogen-bond acceptors (Lipinski definition) is 3. The zero-order valence-corrected chi connectivity index (χ0v) is 10.3.